The summed E-state index contributed by atoms with van der Waals surface area (Å²) in [5.41, 5.74) is 8.31. The number of nitrogens with zero attached hydrogens (tertiary/aromatic N) is 1. The molecule has 3 atom stereocenters. The third-order valence-electron chi connectivity index (χ3n) is 7.36. The van der Waals surface area contributed by atoms with E-state index in [-0.39, 0.29) is 11.8 Å². The van der Waals surface area contributed by atoms with E-state index >= 15 is 0 Å². The molecular formula is C34H36N4O4. The van der Waals surface area contributed by atoms with Gasteiger partial charge in [0, 0.05) is 24.2 Å². The van der Waals surface area contributed by atoms with Crippen LogP contribution in [0.4, 0.5) is 5.69 Å². The van der Waals surface area contributed by atoms with Crippen molar-refractivity contribution in [2.24, 2.45) is 5.73 Å². The Labute approximate surface area is 245 Å². The Morgan fingerprint density at radius 1 is 0.762 bits per heavy atom. The molecule has 0 aliphatic carbocycles. The summed E-state index contributed by atoms with van der Waals surface area (Å²) >= 11 is 0. The van der Waals surface area contributed by atoms with Crippen LogP contribution in [0.1, 0.15) is 30.4 Å². The van der Waals surface area contributed by atoms with Crippen LogP contribution in [-0.2, 0) is 32.2 Å². The molecule has 1 aliphatic rings. The summed E-state index contributed by atoms with van der Waals surface area (Å²) in [5.74, 6) is -1.06. The van der Waals surface area contributed by atoms with Crippen molar-refractivity contribution in [1.29, 1.82) is 0 Å². The summed E-state index contributed by atoms with van der Waals surface area (Å²) in [6.07, 6.45) is -0.0422. The van der Waals surface area contributed by atoms with Crippen molar-refractivity contribution in [1.82, 2.24) is 10.2 Å². The molecule has 0 radical (unpaired) electrons. The molecule has 0 saturated carbocycles. The van der Waals surface area contributed by atoms with E-state index in [1.54, 1.807) is 4.90 Å². The summed E-state index contributed by atoms with van der Waals surface area (Å²) in [7, 11) is 0. The van der Waals surface area contributed by atoms with E-state index in [0.717, 1.165) is 28.3 Å². The molecule has 1 aliphatic heterocycles. The van der Waals surface area contributed by atoms with Crippen LogP contribution < -0.4 is 16.4 Å². The minimum Gasteiger partial charge on any atom is -0.349 e. The predicted molar refractivity (Wildman–Crippen MR) is 163 cm³/mol. The summed E-state index contributed by atoms with van der Waals surface area (Å²) in [4.78, 5) is 41.9. The number of carbonyl (C=O) groups is 3. The summed E-state index contributed by atoms with van der Waals surface area (Å²) in [6, 6.07) is 32.1. The second-order valence-electron chi connectivity index (χ2n) is 10.5. The van der Waals surface area contributed by atoms with Gasteiger partial charge in [-0.3, -0.25) is 14.4 Å². The number of amides is 3. The maximum Gasteiger partial charge on any atom is 0.255 e. The first kappa shape index (κ1) is 29.0. The number of fused-ring (bicyclic) bond motifs is 1. The highest BCUT2D eigenvalue weighted by Crippen LogP contribution is 2.27. The number of carbonyl (C=O) groups excluding carboxylic acids is 3. The zero-order valence-corrected chi connectivity index (χ0v) is 23.4. The van der Waals surface area contributed by atoms with Crippen LogP contribution >= 0.6 is 0 Å². The maximum absolute atomic E-state index is 13.6. The summed E-state index contributed by atoms with van der Waals surface area (Å²) in [5, 5.41) is 7.74. The van der Waals surface area contributed by atoms with Crippen LogP contribution in [0.25, 0.3) is 10.8 Å². The number of epoxide rings is 1. The summed E-state index contributed by atoms with van der Waals surface area (Å²) < 4.78 is 5.62. The molecule has 216 valence electrons. The SMILES string of the molecule is NCCCC[C@H](NC(=O)[C@H]1O[C@@H]1C(=O)N(Cc1ccccc1)Cc1ccccc1)C(=O)Nc1cccc2ccccc12. The van der Waals surface area contributed by atoms with Crippen molar-refractivity contribution in [3.05, 3.63) is 114 Å². The molecule has 4 aromatic rings. The van der Waals surface area contributed by atoms with Gasteiger partial charge in [-0.1, -0.05) is 97.1 Å². The lowest BCUT2D eigenvalue weighted by atomic mass is 10.1. The van der Waals surface area contributed by atoms with Crippen LogP contribution in [0.15, 0.2) is 103 Å². The van der Waals surface area contributed by atoms with E-state index in [0.29, 0.717) is 38.2 Å². The Bertz CT molecular complexity index is 1470. The lowest BCUT2D eigenvalue weighted by Gasteiger charge is -2.22. The molecule has 1 heterocycles. The van der Waals surface area contributed by atoms with Gasteiger partial charge in [-0.05, 0) is 48.4 Å². The molecule has 3 amide bonds. The fraction of sp³-hybridized carbons (Fsp3) is 0.265. The molecule has 8 heteroatoms. The average molecular weight is 565 g/mol. The van der Waals surface area contributed by atoms with Crippen molar-refractivity contribution < 1.29 is 19.1 Å². The van der Waals surface area contributed by atoms with Gasteiger partial charge in [-0.2, -0.15) is 0 Å². The Balaban J connectivity index is 1.26. The van der Waals surface area contributed by atoms with Gasteiger partial charge in [0.2, 0.25) is 5.91 Å². The smallest absolute Gasteiger partial charge is 0.255 e. The zero-order valence-electron chi connectivity index (χ0n) is 23.4. The quantitative estimate of drug-likeness (QED) is 0.165. The minimum absolute atomic E-state index is 0.261. The number of benzene rings is 4. The molecule has 0 spiro atoms. The number of nitrogens with one attached hydrogen (secondary N) is 2. The molecule has 8 nitrogen and oxygen atoms in total. The third-order valence-corrected chi connectivity index (χ3v) is 7.36. The number of hydrogen-bond donors (Lipinski definition) is 3. The number of hydrogen-bond acceptors (Lipinski definition) is 5. The molecule has 4 N–H and O–H groups in total. The van der Waals surface area contributed by atoms with Crippen molar-refractivity contribution >= 4 is 34.2 Å². The first-order valence-corrected chi connectivity index (χ1v) is 14.3. The van der Waals surface area contributed by atoms with E-state index in [1.807, 2.05) is 103 Å². The normalized spacial score (nSPS) is 16.4. The van der Waals surface area contributed by atoms with Crippen molar-refractivity contribution in [3.8, 4) is 0 Å². The van der Waals surface area contributed by atoms with Gasteiger partial charge in [0.15, 0.2) is 12.2 Å². The average Bonchev–Trinajstić information content (AvgIpc) is 3.82. The second-order valence-corrected chi connectivity index (χ2v) is 10.5. The third kappa shape index (κ3) is 7.40. The molecule has 4 aromatic carbocycles. The molecule has 1 saturated heterocycles. The van der Waals surface area contributed by atoms with Crippen LogP contribution in [0.5, 0.6) is 0 Å². The van der Waals surface area contributed by atoms with Crippen LogP contribution in [0.2, 0.25) is 0 Å². The fourth-order valence-corrected chi connectivity index (χ4v) is 5.07. The highest BCUT2D eigenvalue weighted by molar-refractivity contribution is 6.05. The van der Waals surface area contributed by atoms with E-state index < -0.39 is 24.2 Å². The Kier molecular flexibility index (Phi) is 9.59. The van der Waals surface area contributed by atoms with Crippen LogP contribution in [-0.4, -0.2) is 47.4 Å². The monoisotopic (exact) mass is 564 g/mol. The van der Waals surface area contributed by atoms with E-state index in [4.69, 9.17) is 10.5 Å². The van der Waals surface area contributed by atoms with Crippen LogP contribution in [0.3, 0.4) is 0 Å². The Morgan fingerprint density at radius 3 is 2.05 bits per heavy atom. The van der Waals surface area contributed by atoms with Crippen molar-refractivity contribution in [2.75, 3.05) is 11.9 Å². The van der Waals surface area contributed by atoms with E-state index in [2.05, 4.69) is 10.6 Å². The molecular weight excluding hydrogens is 528 g/mol. The predicted octanol–water partition coefficient (Wildman–Crippen LogP) is 4.39. The first-order valence-electron chi connectivity index (χ1n) is 14.3. The number of anilines is 1. The highest BCUT2D eigenvalue weighted by Gasteiger charge is 2.52. The van der Waals surface area contributed by atoms with Gasteiger partial charge in [0.05, 0.1) is 0 Å². The van der Waals surface area contributed by atoms with E-state index in [9.17, 15) is 14.4 Å². The first-order chi connectivity index (χ1) is 20.5. The molecule has 0 unspecified atom stereocenters. The topological polar surface area (TPSA) is 117 Å². The van der Waals surface area contributed by atoms with Crippen LogP contribution in [0, 0.1) is 0 Å². The standard InChI is InChI=1S/C34H36N4O4/c35-21-10-9-19-29(32(39)36-28-20-11-17-26-16-7-8-18-27(26)28)37-33(40)30-31(42-30)34(41)38(22-24-12-3-1-4-13-24)23-25-14-5-2-6-15-25/h1-8,11-18,20,29-31H,9-10,19,21-23,35H2,(H,36,39)(H,37,40)/t29-,30-,31-/m0/s1. The lowest BCUT2D eigenvalue weighted by Crippen LogP contribution is -2.46. The number of unbranched alkanes of at least 4 members (excludes halogenated alkanes) is 1. The Hall–Kier alpha value is -4.53. The minimum atomic E-state index is -0.950. The molecule has 1 fully saturated rings. The number of ether oxygens (including phenoxy) is 1. The second kappa shape index (κ2) is 13.9. The highest BCUT2D eigenvalue weighted by atomic mass is 16.6. The molecule has 5 rings (SSSR count). The maximum atomic E-state index is 13.6. The van der Waals surface area contributed by atoms with Gasteiger partial charge in [0.1, 0.15) is 6.04 Å². The van der Waals surface area contributed by atoms with Crippen molar-refractivity contribution in [3.63, 3.8) is 0 Å². The van der Waals surface area contributed by atoms with Gasteiger partial charge >= 0.3 is 0 Å². The van der Waals surface area contributed by atoms with Crippen molar-refractivity contribution in [2.45, 2.75) is 50.6 Å². The van der Waals surface area contributed by atoms with Gasteiger partial charge in [0.25, 0.3) is 11.8 Å². The Morgan fingerprint density at radius 2 is 1.38 bits per heavy atom. The van der Waals surface area contributed by atoms with Gasteiger partial charge < -0.3 is 26.0 Å². The largest absolute Gasteiger partial charge is 0.349 e. The molecule has 0 aromatic heterocycles. The fourth-order valence-electron chi connectivity index (χ4n) is 5.07. The van der Waals surface area contributed by atoms with Gasteiger partial charge in [-0.25, -0.2) is 0 Å². The van der Waals surface area contributed by atoms with E-state index in [1.165, 1.54) is 0 Å². The molecule has 42 heavy (non-hydrogen) atoms. The number of rotatable bonds is 13. The molecule has 0 bridgehead atoms. The number of nitrogens with two attached hydrogens (primary N) is 1. The zero-order chi connectivity index (χ0) is 29.3. The van der Waals surface area contributed by atoms with Gasteiger partial charge in [-0.15, -0.1) is 0 Å². The lowest BCUT2D eigenvalue weighted by molar-refractivity contribution is -0.134. The summed E-state index contributed by atoms with van der Waals surface area (Å²) in [6.45, 7) is 1.27.